The summed E-state index contributed by atoms with van der Waals surface area (Å²) < 4.78 is 27.0. The summed E-state index contributed by atoms with van der Waals surface area (Å²) in [4.78, 5) is 24.9. The SMILES string of the molecule is CCOc1ccc(C(=O)OC(=O)c2ccc(OCC)c(OCC)c2)cc1OCC. The lowest BCUT2D eigenvalue weighted by atomic mass is 10.2. The maximum Gasteiger partial charge on any atom is 0.346 e. The van der Waals surface area contributed by atoms with Crippen molar-refractivity contribution in [3.63, 3.8) is 0 Å². The van der Waals surface area contributed by atoms with E-state index >= 15 is 0 Å². The molecule has 0 radical (unpaired) electrons. The van der Waals surface area contributed by atoms with Crippen molar-refractivity contribution in [1.29, 1.82) is 0 Å². The largest absolute Gasteiger partial charge is 0.490 e. The average molecular weight is 402 g/mol. The first-order chi connectivity index (χ1) is 14.0. The fraction of sp³-hybridized carbons (Fsp3) is 0.364. The van der Waals surface area contributed by atoms with E-state index in [9.17, 15) is 9.59 Å². The zero-order chi connectivity index (χ0) is 21.2. The number of carbonyl (C=O) groups excluding carboxylic acids is 2. The molecule has 0 atom stereocenters. The van der Waals surface area contributed by atoms with Crippen LogP contribution in [-0.4, -0.2) is 38.4 Å². The first-order valence-electron chi connectivity index (χ1n) is 9.59. The highest BCUT2D eigenvalue weighted by atomic mass is 16.6. The molecule has 0 fully saturated rings. The molecule has 0 bridgehead atoms. The second kappa shape index (κ2) is 10.9. The van der Waals surface area contributed by atoms with Crippen LogP contribution in [0.1, 0.15) is 48.4 Å². The molecule has 0 saturated carbocycles. The molecular weight excluding hydrogens is 376 g/mol. The van der Waals surface area contributed by atoms with Crippen LogP contribution in [0.25, 0.3) is 0 Å². The van der Waals surface area contributed by atoms with Crippen molar-refractivity contribution in [1.82, 2.24) is 0 Å². The number of hydrogen-bond donors (Lipinski definition) is 0. The monoisotopic (exact) mass is 402 g/mol. The Hall–Kier alpha value is -3.22. The van der Waals surface area contributed by atoms with Crippen molar-refractivity contribution in [3.05, 3.63) is 47.5 Å². The van der Waals surface area contributed by atoms with Gasteiger partial charge in [-0.2, -0.15) is 0 Å². The predicted octanol–water partition coefficient (Wildman–Crippen LogP) is 4.28. The number of hydrogen-bond acceptors (Lipinski definition) is 7. The lowest BCUT2D eigenvalue weighted by molar-refractivity contribution is 0.0397. The molecule has 2 rings (SSSR count). The fourth-order valence-corrected chi connectivity index (χ4v) is 2.56. The first-order valence-corrected chi connectivity index (χ1v) is 9.59. The van der Waals surface area contributed by atoms with Crippen LogP contribution in [-0.2, 0) is 4.74 Å². The number of carbonyl (C=O) groups is 2. The van der Waals surface area contributed by atoms with Gasteiger partial charge in [0, 0.05) is 0 Å². The van der Waals surface area contributed by atoms with Gasteiger partial charge in [0.25, 0.3) is 0 Å². The minimum atomic E-state index is -0.786. The van der Waals surface area contributed by atoms with Gasteiger partial charge in [0.05, 0.1) is 37.6 Å². The van der Waals surface area contributed by atoms with Crippen molar-refractivity contribution >= 4 is 11.9 Å². The number of rotatable bonds is 10. The Morgan fingerprint density at radius 1 is 0.586 bits per heavy atom. The lowest BCUT2D eigenvalue weighted by Gasteiger charge is -2.13. The zero-order valence-corrected chi connectivity index (χ0v) is 17.2. The summed E-state index contributed by atoms with van der Waals surface area (Å²) in [5.41, 5.74) is 0.363. The molecule has 0 aliphatic rings. The Labute approximate surface area is 170 Å². The maximum absolute atomic E-state index is 12.4. The predicted molar refractivity (Wildman–Crippen MR) is 107 cm³/mol. The van der Waals surface area contributed by atoms with Crippen LogP contribution in [0.3, 0.4) is 0 Å². The Balaban J connectivity index is 2.19. The van der Waals surface area contributed by atoms with Crippen LogP contribution in [0.15, 0.2) is 36.4 Å². The number of ether oxygens (including phenoxy) is 5. The van der Waals surface area contributed by atoms with Crippen LogP contribution in [0.2, 0.25) is 0 Å². The zero-order valence-electron chi connectivity index (χ0n) is 17.2. The molecule has 29 heavy (non-hydrogen) atoms. The molecule has 2 aromatic rings. The third-order valence-corrected chi connectivity index (χ3v) is 3.74. The minimum absolute atomic E-state index is 0.182. The summed E-state index contributed by atoms with van der Waals surface area (Å²) >= 11 is 0. The second-order valence-electron chi connectivity index (χ2n) is 5.73. The average Bonchev–Trinajstić information content (AvgIpc) is 2.71. The molecule has 0 aromatic heterocycles. The van der Waals surface area contributed by atoms with Gasteiger partial charge in [-0.05, 0) is 64.1 Å². The van der Waals surface area contributed by atoms with Gasteiger partial charge in [0.15, 0.2) is 23.0 Å². The van der Waals surface area contributed by atoms with Gasteiger partial charge in [-0.25, -0.2) is 9.59 Å². The van der Waals surface area contributed by atoms with E-state index in [1.807, 2.05) is 27.7 Å². The van der Waals surface area contributed by atoms with E-state index in [2.05, 4.69) is 0 Å². The Morgan fingerprint density at radius 3 is 1.28 bits per heavy atom. The van der Waals surface area contributed by atoms with Crippen molar-refractivity contribution in [2.75, 3.05) is 26.4 Å². The van der Waals surface area contributed by atoms with Crippen molar-refractivity contribution in [2.45, 2.75) is 27.7 Å². The highest BCUT2D eigenvalue weighted by Gasteiger charge is 2.19. The molecule has 0 saturated heterocycles. The Morgan fingerprint density at radius 2 is 0.931 bits per heavy atom. The van der Waals surface area contributed by atoms with Gasteiger partial charge in [-0.15, -0.1) is 0 Å². The van der Waals surface area contributed by atoms with E-state index in [0.717, 1.165) is 0 Å². The molecule has 0 N–H and O–H groups in total. The highest BCUT2D eigenvalue weighted by molar-refractivity contribution is 6.03. The van der Waals surface area contributed by atoms with E-state index in [1.165, 1.54) is 24.3 Å². The molecule has 156 valence electrons. The second-order valence-corrected chi connectivity index (χ2v) is 5.73. The van der Waals surface area contributed by atoms with Gasteiger partial charge >= 0.3 is 11.9 Å². The van der Waals surface area contributed by atoms with Crippen LogP contribution in [0, 0.1) is 0 Å². The lowest BCUT2D eigenvalue weighted by Crippen LogP contribution is -2.13. The molecule has 7 heteroatoms. The summed E-state index contributed by atoms with van der Waals surface area (Å²) in [6.07, 6.45) is 0. The third-order valence-electron chi connectivity index (χ3n) is 3.74. The molecule has 0 spiro atoms. The molecule has 0 aliphatic carbocycles. The first kappa shape index (κ1) is 22.1. The maximum atomic E-state index is 12.4. The normalized spacial score (nSPS) is 10.2. The van der Waals surface area contributed by atoms with Crippen molar-refractivity contribution in [2.24, 2.45) is 0 Å². The summed E-state index contributed by atoms with van der Waals surface area (Å²) in [5, 5.41) is 0. The smallest absolute Gasteiger partial charge is 0.346 e. The summed E-state index contributed by atoms with van der Waals surface area (Å²) in [5.74, 6) is 0.291. The highest BCUT2D eigenvalue weighted by Crippen LogP contribution is 2.30. The summed E-state index contributed by atoms with van der Waals surface area (Å²) in [7, 11) is 0. The van der Waals surface area contributed by atoms with E-state index < -0.39 is 11.9 Å². The number of benzene rings is 2. The van der Waals surface area contributed by atoms with Crippen LogP contribution >= 0.6 is 0 Å². The van der Waals surface area contributed by atoms with E-state index in [4.69, 9.17) is 23.7 Å². The molecule has 0 amide bonds. The molecule has 7 nitrogen and oxygen atoms in total. The Bertz CT molecular complexity index is 776. The topological polar surface area (TPSA) is 80.3 Å². The third kappa shape index (κ3) is 5.88. The van der Waals surface area contributed by atoms with Crippen LogP contribution < -0.4 is 18.9 Å². The van der Waals surface area contributed by atoms with E-state index in [1.54, 1.807) is 12.1 Å². The van der Waals surface area contributed by atoms with Gasteiger partial charge in [0.2, 0.25) is 0 Å². The van der Waals surface area contributed by atoms with Crippen LogP contribution in [0.5, 0.6) is 23.0 Å². The molecule has 2 aromatic carbocycles. The van der Waals surface area contributed by atoms with Gasteiger partial charge < -0.3 is 23.7 Å². The molecular formula is C22H26O7. The molecule has 0 heterocycles. The van der Waals surface area contributed by atoms with Gasteiger partial charge in [-0.3, -0.25) is 0 Å². The van der Waals surface area contributed by atoms with Gasteiger partial charge in [0.1, 0.15) is 0 Å². The van der Waals surface area contributed by atoms with E-state index in [0.29, 0.717) is 49.4 Å². The quantitative estimate of drug-likeness (QED) is 0.433. The van der Waals surface area contributed by atoms with E-state index in [-0.39, 0.29) is 11.1 Å². The minimum Gasteiger partial charge on any atom is -0.490 e. The van der Waals surface area contributed by atoms with Crippen molar-refractivity contribution < 1.29 is 33.3 Å². The van der Waals surface area contributed by atoms with Crippen LogP contribution in [0.4, 0.5) is 0 Å². The van der Waals surface area contributed by atoms with Gasteiger partial charge in [-0.1, -0.05) is 0 Å². The molecule has 0 aliphatic heterocycles. The fourth-order valence-electron chi connectivity index (χ4n) is 2.56. The molecule has 0 unspecified atom stereocenters. The Kier molecular flexibility index (Phi) is 8.33. The summed E-state index contributed by atoms with van der Waals surface area (Å²) in [6, 6.07) is 9.25. The summed E-state index contributed by atoms with van der Waals surface area (Å²) in [6.45, 7) is 9.09. The standard InChI is InChI=1S/C22H26O7/c1-5-25-17-11-9-15(13-19(17)27-7-3)21(23)29-22(24)16-10-12-18(26-6-2)20(14-16)28-8-4/h9-14H,5-8H2,1-4H3. The number of esters is 2. The van der Waals surface area contributed by atoms with Crippen molar-refractivity contribution in [3.8, 4) is 23.0 Å².